The van der Waals surface area contributed by atoms with Crippen molar-refractivity contribution >= 4 is 28.6 Å². The van der Waals surface area contributed by atoms with Crippen molar-refractivity contribution in [3.8, 4) is 5.75 Å². The van der Waals surface area contributed by atoms with Gasteiger partial charge in [-0.1, -0.05) is 11.3 Å². The number of rotatable bonds is 8. The minimum atomic E-state index is -4.79. The van der Waals surface area contributed by atoms with E-state index in [0.29, 0.717) is 0 Å². The zero-order valence-corrected chi connectivity index (χ0v) is 24.0. The van der Waals surface area contributed by atoms with E-state index in [1.807, 2.05) is 0 Å². The molecule has 2 aromatic carbocycles. The number of benzene rings is 2. The molecular formula is C29H32F3N3O7. The van der Waals surface area contributed by atoms with E-state index >= 15 is 0 Å². The van der Waals surface area contributed by atoms with Gasteiger partial charge in [-0.2, -0.15) is 13.2 Å². The van der Waals surface area contributed by atoms with Gasteiger partial charge in [0.05, 0.1) is 10.9 Å². The molecule has 1 N–H and O–H groups in total. The molecule has 0 aliphatic carbocycles. The van der Waals surface area contributed by atoms with E-state index in [-0.39, 0.29) is 16.7 Å². The number of ketones is 1. The molecule has 0 aliphatic rings. The fourth-order valence-corrected chi connectivity index (χ4v) is 4.07. The average molecular weight is 592 g/mol. The summed E-state index contributed by atoms with van der Waals surface area (Å²) < 4.78 is 52.2. The van der Waals surface area contributed by atoms with Gasteiger partial charge in [-0.3, -0.25) is 19.2 Å². The summed E-state index contributed by atoms with van der Waals surface area (Å²) in [4.78, 5) is 54.0. The number of esters is 2. The first-order chi connectivity index (χ1) is 19.2. The number of fused-ring (bicyclic) bond motifs is 1. The second-order valence-corrected chi connectivity index (χ2v) is 11.8. The molecule has 1 heterocycles. The van der Waals surface area contributed by atoms with Crippen molar-refractivity contribution in [2.24, 2.45) is 5.41 Å². The normalized spacial score (nSPS) is 12.7. The third-order valence-corrected chi connectivity index (χ3v) is 6.04. The van der Waals surface area contributed by atoms with Crippen molar-refractivity contribution in [2.45, 2.75) is 78.3 Å². The fraction of sp³-hybridized carbons (Fsp3) is 0.448. The van der Waals surface area contributed by atoms with Crippen molar-refractivity contribution in [3.63, 3.8) is 0 Å². The number of Topliss-reactive ketones (excluding diaryl/α,β-unsaturated/α-hetero) is 1. The van der Waals surface area contributed by atoms with Crippen LogP contribution < -0.4 is 5.56 Å². The minimum Gasteiger partial charge on any atom is -0.508 e. The van der Waals surface area contributed by atoms with Crippen LogP contribution in [0.2, 0.25) is 0 Å². The number of aryl methyl sites for hydroxylation is 1. The first-order valence-electron chi connectivity index (χ1n) is 13.0. The van der Waals surface area contributed by atoms with Crippen molar-refractivity contribution in [3.05, 3.63) is 63.9 Å². The van der Waals surface area contributed by atoms with Gasteiger partial charge in [0.1, 0.15) is 22.5 Å². The molecule has 10 nitrogen and oxygen atoms in total. The van der Waals surface area contributed by atoms with Crippen LogP contribution in [0.4, 0.5) is 13.2 Å². The molecule has 0 spiro atoms. The Bertz CT molecular complexity index is 1520. The Morgan fingerprint density at radius 2 is 1.43 bits per heavy atom. The van der Waals surface area contributed by atoms with Gasteiger partial charge in [0.15, 0.2) is 11.2 Å². The second-order valence-electron chi connectivity index (χ2n) is 11.8. The largest absolute Gasteiger partial charge is 0.508 e. The van der Waals surface area contributed by atoms with E-state index < -0.39 is 76.5 Å². The highest BCUT2D eigenvalue weighted by Crippen LogP contribution is 2.37. The van der Waals surface area contributed by atoms with Gasteiger partial charge in [0, 0.05) is 18.5 Å². The lowest BCUT2D eigenvalue weighted by molar-refractivity contribution is -0.186. The van der Waals surface area contributed by atoms with Crippen molar-refractivity contribution in [1.29, 1.82) is 0 Å². The first-order valence-corrected chi connectivity index (χ1v) is 13.0. The molecule has 0 radical (unpaired) electrons. The molecule has 42 heavy (non-hydrogen) atoms. The van der Waals surface area contributed by atoms with Gasteiger partial charge in [-0.25, -0.2) is 4.68 Å². The van der Waals surface area contributed by atoms with Crippen LogP contribution in [0.5, 0.6) is 5.75 Å². The van der Waals surface area contributed by atoms with Crippen LogP contribution in [0.15, 0.2) is 47.3 Å². The molecule has 0 amide bonds. The zero-order valence-electron chi connectivity index (χ0n) is 24.0. The summed E-state index contributed by atoms with van der Waals surface area (Å²) in [5.41, 5.74) is -7.16. The van der Waals surface area contributed by atoms with Gasteiger partial charge in [0.25, 0.3) is 5.56 Å². The molecule has 0 aliphatic heterocycles. The second kappa shape index (κ2) is 11.5. The quantitative estimate of drug-likeness (QED) is 0.221. The number of carbonyl (C=O) groups excluding carboxylic acids is 3. The molecule has 3 rings (SSSR count). The van der Waals surface area contributed by atoms with Gasteiger partial charge < -0.3 is 14.6 Å². The third-order valence-electron chi connectivity index (χ3n) is 6.04. The molecular weight excluding hydrogens is 559 g/mol. The lowest BCUT2D eigenvalue weighted by Gasteiger charge is -2.34. The predicted molar refractivity (Wildman–Crippen MR) is 145 cm³/mol. The van der Waals surface area contributed by atoms with E-state index in [1.165, 1.54) is 24.3 Å². The number of hydrogen-bond acceptors (Lipinski definition) is 9. The fourth-order valence-electron chi connectivity index (χ4n) is 4.07. The smallest absolute Gasteiger partial charge is 0.418 e. The summed E-state index contributed by atoms with van der Waals surface area (Å²) in [6, 6.07) is 8.12. The highest BCUT2D eigenvalue weighted by Gasteiger charge is 2.52. The number of nitrogens with zero attached hydrogens (tertiary/aromatic N) is 3. The Balaban J connectivity index is 2.13. The monoisotopic (exact) mass is 591 g/mol. The predicted octanol–water partition coefficient (Wildman–Crippen LogP) is 4.85. The summed E-state index contributed by atoms with van der Waals surface area (Å²) in [6.07, 6.45) is -6.07. The number of alkyl halides is 3. The van der Waals surface area contributed by atoms with E-state index in [1.54, 1.807) is 41.5 Å². The Kier molecular flexibility index (Phi) is 8.85. The summed E-state index contributed by atoms with van der Waals surface area (Å²) in [6.45, 7) is 8.86. The van der Waals surface area contributed by atoms with Gasteiger partial charge in [0.2, 0.25) is 0 Å². The number of halogens is 3. The SMILES string of the molecule is CC(C)(C)OC(=O)C(CCn1nnc2c(C(F)(F)F)cccc2c1=O)(CC(=O)c1ccc(O)cc1)C(=O)OC(C)(C)C. The molecule has 3 aromatic rings. The van der Waals surface area contributed by atoms with E-state index in [0.717, 1.165) is 22.9 Å². The molecule has 0 saturated heterocycles. The molecule has 0 fully saturated rings. The van der Waals surface area contributed by atoms with Crippen LogP contribution >= 0.6 is 0 Å². The van der Waals surface area contributed by atoms with Crippen LogP contribution in [-0.2, 0) is 31.8 Å². The summed E-state index contributed by atoms with van der Waals surface area (Å²) >= 11 is 0. The number of carbonyl (C=O) groups is 3. The minimum absolute atomic E-state index is 0.0756. The number of aromatic nitrogens is 3. The van der Waals surface area contributed by atoms with Crippen LogP contribution in [-0.4, -0.2) is 49.0 Å². The molecule has 0 saturated carbocycles. The van der Waals surface area contributed by atoms with Crippen LogP contribution in [0, 0.1) is 5.41 Å². The number of aromatic hydroxyl groups is 1. The van der Waals surface area contributed by atoms with Crippen molar-refractivity contribution in [1.82, 2.24) is 15.0 Å². The Hall–Kier alpha value is -4.29. The topological polar surface area (TPSA) is 138 Å². The van der Waals surface area contributed by atoms with Gasteiger partial charge in [-0.05, 0) is 84.4 Å². The maximum absolute atomic E-state index is 13.7. The lowest BCUT2D eigenvalue weighted by atomic mass is 9.78. The van der Waals surface area contributed by atoms with E-state index in [2.05, 4.69) is 10.3 Å². The zero-order chi connectivity index (χ0) is 31.7. The van der Waals surface area contributed by atoms with Gasteiger partial charge >= 0.3 is 18.1 Å². The number of ether oxygens (including phenoxy) is 2. The maximum atomic E-state index is 13.7. The summed E-state index contributed by atoms with van der Waals surface area (Å²) in [7, 11) is 0. The first kappa shape index (κ1) is 32.2. The summed E-state index contributed by atoms with van der Waals surface area (Å²) in [5, 5.41) is 16.5. The van der Waals surface area contributed by atoms with Crippen LogP contribution in [0.25, 0.3) is 10.9 Å². The lowest BCUT2D eigenvalue weighted by Crippen LogP contribution is -2.49. The van der Waals surface area contributed by atoms with Crippen molar-refractivity contribution in [2.75, 3.05) is 0 Å². The highest BCUT2D eigenvalue weighted by atomic mass is 19.4. The molecule has 226 valence electrons. The molecule has 0 bridgehead atoms. The third kappa shape index (κ3) is 7.51. The Labute approximate surface area is 239 Å². The van der Waals surface area contributed by atoms with E-state index in [4.69, 9.17) is 9.47 Å². The molecule has 1 aromatic heterocycles. The molecule has 0 unspecified atom stereocenters. The standard InChI is InChI=1S/C29H32F3N3O7/c1-26(2,3)41-24(39)28(25(40)42-27(4,5)6,16-21(37)17-10-12-18(36)13-11-17)14-15-35-23(38)19-8-7-9-20(29(30,31)32)22(19)33-34-35/h7-13,36H,14-16H2,1-6H3. The van der Waals surface area contributed by atoms with Crippen LogP contribution in [0.1, 0.15) is 70.3 Å². The number of phenolic OH excluding ortho intramolecular Hbond substituents is 1. The van der Waals surface area contributed by atoms with E-state index in [9.17, 15) is 37.5 Å². The number of phenols is 1. The Morgan fingerprint density at radius 1 is 0.881 bits per heavy atom. The van der Waals surface area contributed by atoms with Crippen molar-refractivity contribution < 1.29 is 42.1 Å². The molecule has 13 heteroatoms. The van der Waals surface area contributed by atoms with Gasteiger partial charge in [-0.15, -0.1) is 5.10 Å². The number of hydrogen-bond donors (Lipinski definition) is 1. The highest BCUT2D eigenvalue weighted by molar-refractivity contribution is 6.07. The maximum Gasteiger partial charge on any atom is 0.418 e. The average Bonchev–Trinajstić information content (AvgIpc) is 2.84. The van der Waals surface area contributed by atoms with Crippen LogP contribution in [0.3, 0.4) is 0 Å². The summed E-state index contributed by atoms with van der Waals surface area (Å²) in [5.74, 6) is -2.98. The Morgan fingerprint density at radius 3 is 1.93 bits per heavy atom. The molecule has 0 atom stereocenters.